The molecule has 0 saturated carbocycles. The minimum Gasteiger partial charge on any atom is -0.436 e. The molecule has 4 nitrogen and oxygen atoms in total. The van der Waals surface area contributed by atoms with Crippen molar-refractivity contribution >= 4 is 60.7 Å². The first-order valence-electron chi connectivity index (χ1n) is 17.2. The molecular formula is C47H31N3O. The summed E-state index contributed by atoms with van der Waals surface area (Å²) < 4.78 is 8.87. The van der Waals surface area contributed by atoms with Crippen molar-refractivity contribution in [3.63, 3.8) is 0 Å². The van der Waals surface area contributed by atoms with Gasteiger partial charge in [0.15, 0.2) is 5.58 Å². The summed E-state index contributed by atoms with van der Waals surface area (Å²) >= 11 is 0. The Morgan fingerprint density at radius 1 is 0.431 bits per heavy atom. The normalized spacial score (nSPS) is 11.5. The SMILES string of the molecule is c1ccc(-c2ccc(N(c3ccc(-n4c5ccccc5c5ccccc54)cc3)c3cc4oc(-c5ccccc5)nc4c4ccccc34)cc2)cc1. The monoisotopic (exact) mass is 653 g/mol. The van der Waals surface area contributed by atoms with Gasteiger partial charge in [0.1, 0.15) is 5.52 Å². The number of oxazole rings is 1. The highest BCUT2D eigenvalue weighted by molar-refractivity contribution is 6.12. The van der Waals surface area contributed by atoms with E-state index in [0.29, 0.717) is 5.89 Å². The number of nitrogens with zero attached hydrogens (tertiary/aromatic N) is 3. The Bertz CT molecular complexity index is 2780. The lowest BCUT2D eigenvalue weighted by Crippen LogP contribution is -2.11. The Kier molecular flexibility index (Phi) is 6.78. The molecule has 0 spiro atoms. The molecule has 2 heterocycles. The fourth-order valence-corrected chi connectivity index (χ4v) is 7.44. The van der Waals surface area contributed by atoms with Crippen LogP contribution in [0, 0.1) is 0 Å². The molecule has 10 aromatic rings. The highest BCUT2D eigenvalue weighted by atomic mass is 16.3. The van der Waals surface area contributed by atoms with Crippen LogP contribution < -0.4 is 4.90 Å². The van der Waals surface area contributed by atoms with E-state index in [2.05, 4.69) is 167 Å². The standard InChI is InChI=1S/C47H31N3O/c1-3-13-32(14-4-1)33-23-25-35(26-24-33)49(36-27-29-37(30-28-36)50-42-21-11-9-17-38(42)39-18-10-12-22-43(39)50)44-31-45-46(41-20-8-7-19-40(41)44)48-47(51-45)34-15-5-2-6-16-34/h1-31H. The summed E-state index contributed by atoms with van der Waals surface area (Å²) in [5, 5.41) is 4.64. The lowest BCUT2D eigenvalue weighted by atomic mass is 10.0. The van der Waals surface area contributed by atoms with E-state index in [1.807, 2.05) is 30.3 Å². The molecule has 51 heavy (non-hydrogen) atoms. The van der Waals surface area contributed by atoms with Crippen LogP contribution in [0.25, 0.3) is 71.9 Å². The smallest absolute Gasteiger partial charge is 0.227 e. The molecule has 0 aliphatic rings. The minimum absolute atomic E-state index is 0.613. The molecule has 0 amide bonds. The van der Waals surface area contributed by atoms with E-state index in [9.17, 15) is 0 Å². The van der Waals surface area contributed by atoms with Gasteiger partial charge in [-0.15, -0.1) is 0 Å². The van der Waals surface area contributed by atoms with Crippen LogP contribution in [0.15, 0.2) is 192 Å². The molecule has 240 valence electrons. The summed E-state index contributed by atoms with van der Waals surface area (Å²) in [5.74, 6) is 0.613. The number of fused-ring (bicyclic) bond motifs is 6. The van der Waals surface area contributed by atoms with Crippen molar-refractivity contribution in [2.75, 3.05) is 4.90 Å². The molecule has 0 aliphatic carbocycles. The average molecular weight is 654 g/mol. The molecule has 10 rings (SSSR count). The van der Waals surface area contributed by atoms with Crippen LogP contribution in [0.2, 0.25) is 0 Å². The number of aromatic nitrogens is 2. The van der Waals surface area contributed by atoms with Gasteiger partial charge in [-0.25, -0.2) is 4.98 Å². The van der Waals surface area contributed by atoms with Crippen LogP contribution in [0.1, 0.15) is 0 Å². The van der Waals surface area contributed by atoms with Crippen LogP contribution in [-0.2, 0) is 0 Å². The van der Waals surface area contributed by atoms with E-state index in [0.717, 1.165) is 50.2 Å². The quantitative estimate of drug-likeness (QED) is 0.179. The van der Waals surface area contributed by atoms with Crippen molar-refractivity contribution < 1.29 is 4.42 Å². The molecule has 0 atom stereocenters. The van der Waals surface area contributed by atoms with Gasteiger partial charge in [0.05, 0.1) is 16.7 Å². The zero-order valence-electron chi connectivity index (χ0n) is 27.6. The fraction of sp³-hybridized carbons (Fsp3) is 0. The van der Waals surface area contributed by atoms with Crippen molar-refractivity contribution in [3.8, 4) is 28.3 Å². The maximum atomic E-state index is 6.51. The van der Waals surface area contributed by atoms with E-state index < -0.39 is 0 Å². The summed E-state index contributed by atoms with van der Waals surface area (Å²) in [6.45, 7) is 0. The van der Waals surface area contributed by atoms with Crippen molar-refractivity contribution in [1.29, 1.82) is 0 Å². The fourth-order valence-electron chi connectivity index (χ4n) is 7.44. The zero-order chi connectivity index (χ0) is 33.7. The number of benzene rings is 8. The largest absolute Gasteiger partial charge is 0.436 e. The lowest BCUT2D eigenvalue weighted by molar-refractivity contribution is 0.620. The predicted octanol–water partition coefficient (Wildman–Crippen LogP) is 12.9. The molecule has 8 aromatic carbocycles. The van der Waals surface area contributed by atoms with Crippen molar-refractivity contribution in [1.82, 2.24) is 9.55 Å². The molecule has 0 N–H and O–H groups in total. The second-order valence-electron chi connectivity index (χ2n) is 12.8. The second kappa shape index (κ2) is 11.9. The van der Waals surface area contributed by atoms with Gasteiger partial charge < -0.3 is 13.9 Å². The first-order chi connectivity index (χ1) is 25.3. The second-order valence-corrected chi connectivity index (χ2v) is 12.8. The number of anilines is 3. The third kappa shape index (κ3) is 4.88. The first-order valence-corrected chi connectivity index (χ1v) is 17.2. The summed E-state index contributed by atoms with van der Waals surface area (Å²) in [6.07, 6.45) is 0. The van der Waals surface area contributed by atoms with Crippen molar-refractivity contribution in [2.24, 2.45) is 0 Å². The van der Waals surface area contributed by atoms with Gasteiger partial charge in [-0.3, -0.25) is 0 Å². The minimum atomic E-state index is 0.613. The van der Waals surface area contributed by atoms with Crippen molar-refractivity contribution in [3.05, 3.63) is 188 Å². The van der Waals surface area contributed by atoms with Gasteiger partial charge in [0, 0.05) is 50.2 Å². The third-order valence-electron chi connectivity index (χ3n) is 9.82. The maximum absolute atomic E-state index is 6.51. The zero-order valence-corrected chi connectivity index (χ0v) is 27.6. The number of rotatable bonds is 6. The Morgan fingerprint density at radius 2 is 0.922 bits per heavy atom. The Balaban J connectivity index is 1.17. The molecule has 2 aromatic heterocycles. The maximum Gasteiger partial charge on any atom is 0.227 e. The number of hydrogen-bond donors (Lipinski definition) is 0. The van der Waals surface area contributed by atoms with Crippen LogP contribution in [0.4, 0.5) is 17.1 Å². The van der Waals surface area contributed by atoms with Gasteiger partial charge in [-0.2, -0.15) is 0 Å². The van der Waals surface area contributed by atoms with E-state index in [1.54, 1.807) is 0 Å². The summed E-state index contributed by atoms with van der Waals surface area (Å²) in [6, 6.07) is 66.2. The molecule has 0 saturated heterocycles. The highest BCUT2D eigenvalue weighted by Gasteiger charge is 2.21. The summed E-state index contributed by atoms with van der Waals surface area (Å²) in [7, 11) is 0. The van der Waals surface area contributed by atoms with Crippen LogP contribution in [0.3, 0.4) is 0 Å². The molecular weight excluding hydrogens is 623 g/mol. The van der Waals surface area contributed by atoms with Gasteiger partial charge in [-0.05, 0) is 71.8 Å². The summed E-state index contributed by atoms with van der Waals surface area (Å²) in [5.41, 5.74) is 11.5. The molecule has 0 fully saturated rings. The predicted molar refractivity (Wildman–Crippen MR) is 211 cm³/mol. The summed E-state index contributed by atoms with van der Waals surface area (Å²) in [4.78, 5) is 7.33. The Labute approximate surface area is 295 Å². The van der Waals surface area contributed by atoms with Crippen LogP contribution >= 0.6 is 0 Å². The average Bonchev–Trinajstić information content (AvgIpc) is 3.79. The molecule has 0 aliphatic heterocycles. The van der Waals surface area contributed by atoms with Crippen molar-refractivity contribution in [2.45, 2.75) is 0 Å². The van der Waals surface area contributed by atoms with Gasteiger partial charge in [0.2, 0.25) is 5.89 Å². The molecule has 0 unspecified atom stereocenters. The molecule has 4 heteroatoms. The molecule has 0 bridgehead atoms. The van der Waals surface area contributed by atoms with Gasteiger partial charge in [-0.1, -0.05) is 121 Å². The number of hydrogen-bond acceptors (Lipinski definition) is 3. The van der Waals surface area contributed by atoms with Gasteiger partial charge >= 0.3 is 0 Å². The third-order valence-corrected chi connectivity index (χ3v) is 9.82. The van der Waals surface area contributed by atoms with E-state index in [-0.39, 0.29) is 0 Å². The van der Waals surface area contributed by atoms with E-state index in [1.165, 1.54) is 32.9 Å². The van der Waals surface area contributed by atoms with Gasteiger partial charge in [0.25, 0.3) is 0 Å². The molecule has 0 radical (unpaired) electrons. The topological polar surface area (TPSA) is 34.2 Å². The Morgan fingerprint density at radius 3 is 1.55 bits per heavy atom. The van der Waals surface area contributed by atoms with Crippen LogP contribution in [-0.4, -0.2) is 9.55 Å². The first kappa shape index (κ1) is 29.0. The van der Waals surface area contributed by atoms with Crippen LogP contribution in [0.5, 0.6) is 0 Å². The van der Waals surface area contributed by atoms with E-state index >= 15 is 0 Å². The van der Waals surface area contributed by atoms with E-state index in [4.69, 9.17) is 9.40 Å². The lowest BCUT2D eigenvalue weighted by Gasteiger charge is -2.27. The highest BCUT2D eigenvalue weighted by Crippen LogP contribution is 2.43. The Hall–Kier alpha value is -6.91. The number of para-hydroxylation sites is 2.